The lowest BCUT2D eigenvalue weighted by atomic mass is 10.2. The number of nitrogens with zero attached hydrogens (tertiary/aromatic N) is 4. The molecule has 0 fully saturated rings. The molecule has 1 aromatic carbocycles. The molecule has 0 aliphatic carbocycles. The van der Waals surface area contributed by atoms with Crippen LogP contribution in [-0.4, -0.2) is 32.5 Å². The van der Waals surface area contributed by atoms with E-state index in [0.29, 0.717) is 6.54 Å². The summed E-state index contributed by atoms with van der Waals surface area (Å²) in [4.78, 5) is 12.5. The van der Waals surface area contributed by atoms with Gasteiger partial charge in [0.1, 0.15) is 0 Å². The Hall–Kier alpha value is -2.08. The van der Waals surface area contributed by atoms with Gasteiger partial charge in [-0.2, -0.15) is 4.80 Å². The maximum Gasteiger partial charge on any atom is 0.241 e. The molecule has 0 unspecified atom stereocenters. The standard InChI is InChI=1S/C10H11N5O/c11-6-9(16)10-12-14-15(13-10)7-8-4-2-1-3-5-8/h1-5H,6-7,11H2. The number of Topliss-reactive ketones (excluding diaryl/α,β-unsaturated/α-hetero) is 1. The summed E-state index contributed by atoms with van der Waals surface area (Å²) < 4.78 is 0. The van der Waals surface area contributed by atoms with E-state index in [0.717, 1.165) is 5.56 Å². The quantitative estimate of drug-likeness (QED) is 0.720. The number of ketones is 1. The highest BCUT2D eigenvalue weighted by atomic mass is 16.1. The van der Waals surface area contributed by atoms with Crippen molar-refractivity contribution in [3.63, 3.8) is 0 Å². The van der Waals surface area contributed by atoms with Crippen molar-refractivity contribution in [2.24, 2.45) is 5.73 Å². The fourth-order valence-electron chi connectivity index (χ4n) is 1.26. The second kappa shape index (κ2) is 4.63. The number of rotatable bonds is 4. The van der Waals surface area contributed by atoms with E-state index >= 15 is 0 Å². The van der Waals surface area contributed by atoms with Crippen LogP contribution in [0.25, 0.3) is 0 Å². The maximum atomic E-state index is 11.2. The molecule has 2 N–H and O–H groups in total. The van der Waals surface area contributed by atoms with Crippen LogP contribution in [0.5, 0.6) is 0 Å². The van der Waals surface area contributed by atoms with Crippen LogP contribution in [0.15, 0.2) is 30.3 Å². The van der Waals surface area contributed by atoms with Crippen molar-refractivity contribution in [3.05, 3.63) is 41.7 Å². The molecule has 0 aliphatic rings. The Bertz CT molecular complexity index is 479. The highest BCUT2D eigenvalue weighted by Gasteiger charge is 2.10. The van der Waals surface area contributed by atoms with Crippen molar-refractivity contribution < 1.29 is 4.79 Å². The number of benzene rings is 1. The zero-order valence-corrected chi connectivity index (χ0v) is 8.58. The molecule has 0 atom stereocenters. The van der Waals surface area contributed by atoms with Gasteiger partial charge in [-0.3, -0.25) is 4.79 Å². The molecule has 0 radical (unpaired) electrons. The molecule has 2 aromatic rings. The topological polar surface area (TPSA) is 86.7 Å². The molecule has 82 valence electrons. The Morgan fingerprint density at radius 2 is 2.06 bits per heavy atom. The van der Waals surface area contributed by atoms with Crippen LogP contribution in [0.4, 0.5) is 0 Å². The van der Waals surface area contributed by atoms with Gasteiger partial charge in [0.05, 0.1) is 13.1 Å². The molecule has 1 aromatic heterocycles. The van der Waals surface area contributed by atoms with Crippen LogP contribution in [0.2, 0.25) is 0 Å². The monoisotopic (exact) mass is 217 g/mol. The van der Waals surface area contributed by atoms with Gasteiger partial charge in [-0.1, -0.05) is 30.3 Å². The van der Waals surface area contributed by atoms with E-state index in [1.807, 2.05) is 30.3 Å². The Labute approximate surface area is 92.1 Å². The molecule has 1 heterocycles. The molecule has 16 heavy (non-hydrogen) atoms. The molecule has 0 spiro atoms. The number of tetrazole rings is 1. The largest absolute Gasteiger partial charge is 0.324 e. The molecule has 0 aliphatic heterocycles. The van der Waals surface area contributed by atoms with Crippen LogP contribution in [0, 0.1) is 0 Å². The van der Waals surface area contributed by atoms with Crippen LogP contribution in [0.1, 0.15) is 16.2 Å². The van der Waals surface area contributed by atoms with Gasteiger partial charge in [-0.15, -0.1) is 10.2 Å². The normalized spacial score (nSPS) is 10.3. The minimum Gasteiger partial charge on any atom is -0.324 e. The van der Waals surface area contributed by atoms with Gasteiger partial charge in [0.2, 0.25) is 11.6 Å². The van der Waals surface area contributed by atoms with E-state index in [9.17, 15) is 4.79 Å². The number of hydrogen-bond acceptors (Lipinski definition) is 5. The molecule has 0 saturated heterocycles. The smallest absolute Gasteiger partial charge is 0.241 e. The average Bonchev–Trinajstić information content (AvgIpc) is 2.78. The van der Waals surface area contributed by atoms with E-state index in [-0.39, 0.29) is 18.2 Å². The second-order valence-electron chi connectivity index (χ2n) is 3.26. The average molecular weight is 217 g/mol. The van der Waals surface area contributed by atoms with Crippen molar-refractivity contribution >= 4 is 5.78 Å². The van der Waals surface area contributed by atoms with Gasteiger partial charge in [-0.05, 0) is 10.8 Å². The Kier molecular flexibility index (Phi) is 3.02. The third-order valence-corrected chi connectivity index (χ3v) is 2.05. The summed E-state index contributed by atoms with van der Waals surface area (Å²) >= 11 is 0. The van der Waals surface area contributed by atoms with Crippen LogP contribution in [-0.2, 0) is 6.54 Å². The first-order chi connectivity index (χ1) is 7.79. The van der Waals surface area contributed by atoms with Crippen LogP contribution >= 0.6 is 0 Å². The van der Waals surface area contributed by atoms with Gasteiger partial charge in [0.25, 0.3) is 0 Å². The lowest BCUT2D eigenvalue weighted by molar-refractivity contribution is 0.0991. The summed E-state index contributed by atoms with van der Waals surface area (Å²) in [5, 5.41) is 11.4. The van der Waals surface area contributed by atoms with Gasteiger partial charge in [-0.25, -0.2) is 0 Å². The SMILES string of the molecule is NCC(=O)c1nnn(Cc2ccccc2)n1. The zero-order chi connectivity index (χ0) is 11.4. The fraction of sp³-hybridized carbons (Fsp3) is 0.200. The molecular weight excluding hydrogens is 206 g/mol. The van der Waals surface area contributed by atoms with E-state index in [1.165, 1.54) is 4.80 Å². The Balaban J connectivity index is 2.12. The first-order valence-electron chi connectivity index (χ1n) is 4.84. The van der Waals surface area contributed by atoms with Gasteiger partial charge in [0.15, 0.2) is 0 Å². The van der Waals surface area contributed by atoms with Crippen LogP contribution < -0.4 is 5.73 Å². The Morgan fingerprint density at radius 1 is 1.31 bits per heavy atom. The van der Waals surface area contributed by atoms with Crippen molar-refractivity contribution in [3.8, 4) is 0 Å². The van der Waals surface area contributed by atoms with E-state index in [1.54, 1.807) is 0 Å². The van der Waals surface area contributed by atoms with Crippen molar-refractivity contribution in [2.75, 3.05) is 6.54 Å². The third kappa shape index (κ3) is 2.29. The van der Waals surface area contributed by atoms with Gasteiger partial charge < -0.3 is 5.73 Å². The van der Waals surface area contributed by atoms with Gasteiger partial charge >= 0.3 is 0 Å². The molecule has 6 heteroatoms. The third-order valence-electron chi connectivity index (χ3n) is 2.05. The second-order valence-corrected chi connectivity index (χ2v) is 3.26. The number of nitrogens with two attached hydrogens (primary N) is 1. The molecular formula is C10H11N5O. The summed E-state index contributed by atoms with van der Waals surface area (Å²) in [6.45, 7) is 0.392. The van der Waals surface area contributed by atoms with E-state index < -0.39 is 0 Å². The summed E-state index contributed by atoms with van der Waals surface area (Å²) in [5.41, 5.74) is 6.25. The van der Waals surface area contributed by atoms with E-state index in [2.05, 4.69) is 15.4 Å². The van der Waals surface area contributed by atoms with E-state index in [4.69, 9.17) is 5.73 Å². The maximum absolute atomic E-state index is 11.2. The predicted octanol–water partition coefficient (Wildman–Crippen LogP) is -0.137. The fourth-order valence-corrected chi connectivity index (χ4v) is 1.26. The highest BCUT2D eigenvalue weighted by Crippen LogP contribution is 2.00. The van der Waals surface area contributed by atoms with Crippen molar-refractivity contribution in [2.45, 2.75) is 6.54 Å². The number of carbonyl (C=O) groups excluding carboxylic acids is 1. The predicted molar refractivity (Wildman–Crippen MR) is 56.7 cm³/mol. The highest BCUT2D eigenvalue weighted by molar-refractivity contribution is 5.93. The minimum absolute atomic E-state index is 0.0680. The summed E-state index contributed by atoms with van der Waals surface area (Å²) in [6, 6.07) is 9.69. The molecule has 2 rings (SSSR count). The molecule has 0 bridgehead atoms. The van der Waals surface area contributed by atoms with Crippen LogP contribution in [0.3, 0.4) is 0 Å². The first kappa shape index (κ1) is 10.4. The zero-order valence-electron chi connectivity index (χ0n) is 8.58. The van der Waals surface area contributed by atoms with Crippen molar-refractivity contribution in [1.82, 2.24) is 20.2 Å². The summed E-state index contributed by atoms with van der Waals surface area (Å²) in [6.07, 6.45) is 0. The van der Waals surface area contributed by atoms with Gasteiger partial charge in [0, 0.05) is 0 Å². The number of hydrogen-bond donors (Lipinski definition) is 1. The number of carbonyl (C=O) groups is 1. The first-order valence-corrected chi connectivity index (χ1v) is 4.84. The van der Waals surface area contributed by atoms with Crippen molar-refractivity contribution in [1.29, 1.82) is 0 Å². The molecule has 0 saturated carbocycles. The Morgan fingerprint density at radius 3 is 2.75 bits per heavy atom. The minimum atomic E-state index is -0.306. The molecule has 0 amide bonds. The number of aromatic nitrogens is 4. The molecule has 6 nitrogen and oxygen atoms in total. The lowest BCUT2D eigenvalue weighted by Crippen LogP contribution is -2.15. The summed E-state index contributed by atoms with van der Waals surface area (Å²) in [7, 11) is 0. The lowest BCUT2D eigenvalue weighted by Gasteiger charge is -1.97. The summed E-state index contributed by atoms with van der Waals surface area (Å²) in [5.74, 6) is -0.238.